The zero-order valence-electron chi connectivity index (χ0n) is 12.8. The average Bonchev–Trinajstić information content (AvgIpc) is 2.43. The Morgan fingerprint density at radius 2 is 2.00 bits per heavy atom. The summed E-state index contributed by atoms with van der Waals surface area (Å²) in [6.07, 6.45) is 3.70. The summed E-state index contributed by atoms with van der Waals surface area (Å²) in [6, 6.07) is 5.30. The van der Waals surface area contributed by atoms with Crippen LogP contribution in [-0.4, -0.2) is 24.6 Å². The first-order chi connectivity index (χ1) is 9.21. The number of fused-ring (bicyclic) bond motifs is 1. The molecule has 2 nitrogen and oxygen atoms in total. The molecule has 1 heterocycles. The second-order valence-corrected chi connectivity index (χ2v) is 5.61. The molecule has 0 N–H and O–H groups in total. The standard InChI is InChI=1S/C17H27NO/c1-5-16(6-2)18-10-9-17-13(3)15(12-19-4)8-7-14(17)11-18/h7-8,16H,5-6,9-12H2,1-4H3. The van der Waals surface area contributed by atoms with Crippen molar-refractivity contribution in [1.29, 1.82) is 0 Å². The molecule has 1 aliphatic heterocycles. The molecule has 1 aromatic carbocycles. The second-order valence-electron chi connectivity index (χ2n) is 5.61. The highest BCUT2D eigenvalue weighted by Gasteiger charge is 2.22. The maximum Gasteiger partial charge on any atom is 0.0715 e. The van der Waals surface area contributed by atoms with Gasteiger partial charge >= 0.3 is 0 Å². The van der Waals surface area contributed by atoms with Crippen LogP contribution in [0.15, 0.2) is 12.1 Å². The maximum absolute atomic E-state index is 5.28. The van der Waals surface area contributed by atoms with Crippen LogP contribution in [0.1, 0.15) is 48.9 Å². The van der Waals surface area contributed by atoms with Crippen LogP contribution in [0.2, 0.25) is 0 Å². The molecule has 0 aliphatic carbocycles. The molecule has 0 saturated carbocycles. The van der Waals surface area contributed by atoms with E-state index in [-0.39, 0.29) is 0 Å². The summed E-state index contributed by atoms with van der Waals surface area (Å²) in [6.45, 7) is 9.91. The van der Waals surface area contributed by atoms with Gasteiger partial charge in [-0.1, -0.05) is 26.0 Å². The Morgan fingerprint density at radius 1 is 1.26 bits per heavy atom. The van der Waals surface area contributed by atoms with Crippen molar-refractivity contribution in [3.8, 4) is 0 Å². The molecule has 0 fully saturated rings. The van der Waals surface area contributed by atoms with Gasteiger partial charge in [-0.05, 0) is 48.4 Å². The van der Waals surface area contributed by atoms with Gasteiger partial charge < -0.3 is 4.74 Å². The Labute approximate surface area is 117 Å². The minimum Gasteiger partial charge on any atom is -0.380 e. The van der Waals surface area contributed by atoms with E-state index in [1.54, 1.807) is 12.7 Å². The van der Waals surface area contributed by atoms with E-state index in [2.05, 4.69) is 37.8 Å². The molecule has 1 aliphatic rings. The summed E-state index contributed by atoms with van der Waals surface area (Å²) >= 11 is 0. The molecule has 0 saturated heterocycles. The number of rotatable bonds is 5. The smallest absolute Gasteiger partial charge is 0.0715 e. The van der Waals surface area contributed by atoms with Crippen molar-refractivity contribution in [1.82, 2.24) is 4.90 Å². The van der Waals surface area contributed by atoms with Gasteiger partial charge in [-0.2, -0.15) is 0 Å². The number of hydrogen-bond donors (Lipinski definition) is 0. The van der Waals surface area contributed by atoms with E-state index in [0.717, 1.165) is 19.2 Å². The van der Waals surface area contributed by atoms with Gasteiger partial charge in [0.15, 0.2) is 0 Å². The van der Waals surface area contributed by atoms with E-state index in [1.807, 2.05) is 0 Å². The fourth-order valence-corrected chi connectivity index (χ4v) is 3.34. The SMILES string of the molecule is CCC(CC)N1CCc2c(ccc(COC)c2C)C1. The molecule has 0 spiro atoms. The summed E-state index contributed by atoms with van der Waals surface area (Å²) in [5.41, 5.74) is 5.88. The Kier molecular flexibility index (Phi) is 5.00. The lowest BCUT2D eigenvalue weighted by Crippen LogP contribution is -2.38. The van der Waals surface area contributed by atoms with Crippen LogP contribution in [0.4, 0.5) is 0 Å². The van der Waals surface area contributed by atoms with Crippen molar-refractivity contribution < 1.29 is 4.74 Å². The molecule has 0 aromatic heterocycles. The largest absolute Gasteiger partial charge is 0.380 e. The lowest BCUT2D eigenvalue weighted by atomic mass is 9.91. The topological polar surface area (TPSA) is 12.5 Å². The lowest BCUT2D eigenvalue weighted by Gasteiger charge is -2.35. The van der Waals surface area contributed by atoms with E-state index in [9.17, 15) is 0 Å². The molecular formula is C17H27NO. The highest BCUT2D eigenvalue weighted by atomic mass is 16.5. The van der Waals surface area contributed by atoms with Crippen molar-refractivity contribution in [2.45, 2.75) is 59.2 Å². The van der Waals surface area contributed by atoms with Crippen LogP contribution in [0, 0.1) is 6.92 Å². The predicted octanol–water partition coefficient (Wildman–Crippen LogP) is 3.69. The first-order valence-electron chi connectivity index (χ1n) is 7.54. The molecule has 0 amide bonds. The summed E-state index contributed by atoms with van der Waals surface area (Å²) in [5.74, 6) is 0. The highest BCUT2D eigenvalue weighted by molar-refractivity contribution is 5.41. The molecule has 0 unspecified atom stereocenters. The Hall–Kier alpha value is -0.860. The maximum atomic E-state index is 5.28. The van der Waals surface area contributed by atoms with Crippen LogP contribution >= 0.6 is 0 Å². The number of ether oxygens (including phenoxy) is 1. The Balaban J connectivity index is 2.20. The summed E-state index contributed by atoms with van der Waals surface area (Å²) in [5, 5.41) is 0. The van der Waals surface area contributed by atoms with Gasteiger partial charge in [-0.25, -0.2) is 0 Å². The fraction of sp³-hybridized carbons (Fsp3) is 0.647. The third kappa shape index (κ3) is 3.01. The molecule has 0 atom stereocenters. The summed E-state index contributed by atoms with van der Waals surface area (Å²) in [7, 11) is 1.77. The minimum atomic E-state index is 0.732. The van der Waals surface area contributed by atoms with Crippen molar-refractivity contribution in [3.63, 3.8) is 0 Å². The van der Waals surface area contributed by atoms with Gasteiger partial charge in [0.05, 0.1) is 6.61 Å². The van der Waals surface area contributed by atoms with Crippen molar-refractivity contribution >= 4 is 0 Å². The van der Waals surface area contributed by atoms with Crippen LogP contribution in [0.3, 0.4) is 0 Å². The van der Waals surface area contributed by atoms with E-state index in [0.29, 0.717) is 0 Å². The Morgan fingerprint density at radius 3 is 2.63 bits per heavy atom. The van der Waals surface area contributed by atoms with Gasteiger partial charge in [0, 0.05) is 26.2 Å². The normalized spacial score (nSPS) is 15.8. The second kappa shape index (κ2) is 6.53. The zero-order chi connectivity index (χ0) is 13.8. The summed E-state index contributed by atoms with van der Waals surface area (Å²) in [4.78, 5) is 2.65. The molecular weight excluding hydrogens is 234 g/mol. The van der Waals surface area contributed by atoms with Crippen molar-refractivity contribution in [3.05, 3.63) is 34.4 Å². The average molecular weight is 261 g/mol. The highest BCUT2D eigenvalue weighted by Crippen LogP contribution is 2.27. The van der Waals surface area contributed by atoms with Crippen LogP contribution in [-0.2, 0) is 24.3 Å². The van der Waals surface area contributed by atoms with Crippen LogP contribution in [0.25, 0.3) is 0 Å². The summed E-state index contributed by atoms with van der Waals surface area (Å²) < 4.78 is 5.28. The van der Waals surface area contributed by atoms with Crippen molar-refractivity contribution in [2.75, 3.05) is 13.7 Å². The predicted molar refractivity (Wildman–Crippen MR) is 80.4 cm³/mol. The fourth-order valence-electron chi connectivity index (χ4n) is 3.34. The first kappa shape index (κ1) is 14.5. The van der Waals surface area contributed by atoms with E-state index in [1.165, 1.54) is 42.5 Å². The third-order valence-corrected chi connectivity index (χ3v) is 4.59. The number of hydrogen-bond acceptors (Lipinski definition) is 2. The van der Waals surface area contributed by atoms with Crippen LogP contribution in [0.5, 0.6) is 0 Å². The van der Waals surface area contributed by atoms with E-state index in [4.69, 9.17) is 4.74 Å². The lowest BCUT2D eigenvalue weighted by molar-refractivity contribution is 0.167. The molecule has 19 heavy (non-hydrogen) atoms. The van der Waals surface area contributed by atoms with Crippen molar-refractivity contribution in [2.24, 2.45) is 0 Å². The quantitative estimate of drug-likeness (QED) is 0.801. The van der Waals surface area contributed by atoms with Gasteiger partial charge in [0.2, 0.25) is 0 Å². The number of benzene rings is 1. The minimum absolute atomic E-state index is 0.732. The molecule has 2 rings (SSSR count). The monoisotopic (exact) mass is 261 g/mol. The van der Waals surface area contributed by atoms with E-state index < -0.39 is 0 Å². The van der Waals surface area contributed by atoms with Gasteiger partial charge in [-0.15, -0.1) is 0 Å². The molecule has 106 valence electrons. The number of nitrogens with zero attached hydrogens (tertiary/aromatic N) is 1. The number of methoxy groups -OCH3 is 1. The zero-order valence-corrected chi connectivity index (χ0v) is 12.8. The van der Waals surface area contributed by atoms with E-state index >= 15 is 0 Å². The van der Waals surface area contributed by atoms with Gasteiger partial charge in [0.1, 0.15) is 0 Å². The molecule has 0 bridgehead atoms. The molecule has 2 heteroatoms. The van der Waals surface area contributed by atoms with Gasteiger partial charge in [0.25, 0.3) is 0 Å². The molecule has 0 radical (unpaired) electrons. The first-order valence-corrected chi connectivity index (χ1v) is 7.54. The van der Waals surface area contributed by atoms with Crippen LogP contribution < -0.4 is 0 Å². The third-order valence-electron chi connectivity index (χ3n) is 4.59. The molecule has 1 aromatic rings. The van der Waals surface area contributed by atoms with Gasteiger partial charge in [-0.3, -0.25) is 4.90 Å². The Bertz CT molecular complexity index is 424.